The molecule has 0 spiro atoms. The van der Waals surface area contributed by atoms with Gasteiger partial charge in [0.05, 0.1) is 18.5 Å². The maximum absolute atomic E-state index is 5.46. The van der Waals surface area contributed by atoms with Gasteiger partial charge in [-0.1, -0.05) is 30.3 Å². The molecule has 1 aliphatic rings. The summed E-state index contributed by atoms with van der Waals surface area (Å²) in [6.45, 7) is 2.89. The lowest BCUT2D eigenvalue weighted by Gasteiger charge is -2.32. The third-order valence-electron chi connectivity index (χ3n) is 6.16. The highest BCUT2D eigenvalue weighted by molar-refractivity contribution is 5.65. The van der Waals surface area contributed by atoms with Gasteiger partial charge in [0.25, 0.3) is 0 Å². The molecule has 0 radical (unpaired) electrons. The number of ether oxygens (including phenoxy) is 1. The van der Waals surface area contributed by atoms with Gasteiger partial charge in [-0.25, -0.2) is 4.68 Å². The molecule has 2 aromatic heterocycles. The number of rotatable bonds is 6. The van der Waals surface area contributed by atoms with Crippen molar-refractivity contribution in [3.63, 3.8) is 0 Å². The monoisotopic (exact) mass is 428 g/mol. The third kappa shape index (κ3) is 4.16. The van der Waals surface area contributed by atoms with Crippen molar-refractivity contribution in [1.29, 1.82) is 0 Å². The summed E-state index contributed by atoms with van der Waals surface area (Å²) in [6.07, 6.45) is 6.25. The van der Waals surface area contributed by atoms with Crippen molar-refractivity contribution in [1.82, 2.24) is 29.4 Å². The zero-order valence-corrected chi connectivity index (χ0v) is 18.6. The smallest absolute Gasteiger partial charge is 0.136 e. The van der Waals surface area contributed by atoms with E-state index in [1.54, 1.807) is 13.4 Å². The zero-order chi connectivity index (χ0) is 21.9. The second-order valence-corrected chi connectivity index (χ2v) is 8.39. The van der Waals surface area contributed by atoms with Gasteiger partial charge in [-0.15, -0.1) is 10.2 Å². The standard InChI is InChI=1S/C25H28N6O/c1-29-18-26-27-25(29)20-9-7-13-30(15-20)16-21-17-31(22-10-4-3-5-11-22)28-24(21)19-8-6-12-23(14-19)32-2/h3-6,8,10-12,14,17-18,20H,7,9,13,15-16H2,1-2H3. The summed E-state index contributed by atoms with van der Waals surface area (Å²) in [7, 11) is 3.72. The average Bonchev–Trinajstić information content (AvgIpc) is 3.46. The van der Waals surface area contributed by atoms with Gasteiger partial charge in [0.1, 0.15) is 17.9 Å². The Labute approximate surface area is 188 Å². The lowest BCUT2D eigenvalue weighted by Crippen LogP contribution is -2.34. The Hall–Kier alpha value is -3.45. The van der Waals surface area contributed by atoms with E-state index in [-0.39, 0.29) is 0 Å². The summed E-state index contributed by atoms with van der Waals surface area (Å²) < 4.78 is 9.49. The van der Waals surface area contributed by atoms with Gasteiger partial charge in [-0.2, -0.15) is 5.10 Å². The fourth-order valence-corrected chi connectivity index (χ4v) is 4.56. The molecule has 1 unspecified atom stereocenters. The van der Waals surface area contributed by atoms with E-state index in [4.69, 9.17) is 9.84 Å². The van der Waals surface area contributed by atoms with Gasteiger partial charge in [0.2, 0.25) is 0 Å². The summed E-state index contributed by atoms with van der Waals surface area (Å²) >= 11 is 0. The summed E-state index contributed by atoms with van der Waals surface area (Å²) in [5.74, 6) is 2.31. The molecule has 0 N–H and O–H groups in total. The Balaban J connectivity index is 1.46. The summed E-state index contributed by atoms with van der Waals surface area (Å²) in [4.78, 5) is 2.51. The first kappa shape index (κ1) is 20.5. The molecule has 7 nitrogen and oxygen atoms in total. The first-order valence-electron chi connectivity index (χ1n) is 11.1. The van der Waals surface area contributed by atoms with E-state index in [1.807, 2.05) is 46.6 Å². The molecule has 7 heteroatoms. The Bertz CT molecular complexity index is 1180. The van der Waals surface area contributed by atoms with E-state index in [2.05, 4.69) is 45.6 Å². The van der Waals surface area contributed by atoms with Crippen LogP contribution in [0.4, 0.5) is 0 Å². The molecule has 1 aliphatic heterocycles. The van der Waals surface area contributed by atoms with E-state index in [0.29, 0.717) is 5.92 Å². The van der Waals surface area contributed by atoms with Gasteiger partial charge >= 0.3 is 0 Å². The molecular formula is C25H28N6O. The van der Waals surface area contributed by atoms with Gasteiger partial charge < -0.3 is 9.30 Å². The molecule has 1 atom stereocenters. The van der Waals surface area contributed by atoms with E-state index in [0.717, 1.165) is 61.0 Å². The number of nitrogens with zero attached hydrogens (tertiary/aromatic N) is 6. The first-order chi connectivity index (χ1) is 15.7. The van der Waals surface area contributed by atoms with Crippen molar-refractivity contribution in [2.24, 2.45) is 7.05 Å². The molecule has 0 saturated carbocycles. The van der Waals surface area contributed by atoms with Crippen LogP contribution in [-0.2, 0) is 13.6 Å². The fraction of sp³-hybridized carbons (Fsp3) is 0.320. The quantitative estimate of drug-likeness (QED) is 0.464. The number of methoxy groups -OCH3 is 1. The Morgan fingerprint density at radius 1 is 1.09 bits per heavy atom. The molecule has 4 aromatic rings. The molecular weight excluding hydrogens is 400 g/mol. The van der Waals surface area contributed by atoms with E-state index in [1.165, 1.54) is 5.56 Å². The molecule has 1 fully saturated rings. The summed E-state index contributed by atoms with van der Waals surface area (Å²) in [6, 6.07) is 18.4. The predicted octanol–water partition coefficient (Wildman–Crippen LogP) is 4.06. The number of para-hydroxylation sites is 1. The molecule has 164 valence electrons. The van der Waals surface area contributed by atoms with Crippen molar-refractivity contribution in [2.45, 2.75) is 25.3 Å². The van der Waals surface area contributed by atoms with Crippen LogP contribution < -0.4 is 4.74 Å². The second kappa shape index (κ2) is 8.96. The van der Waals surface area contributed by atoms with Crippen LogP contribution in [0.1, 0.15) is 30.1 Å². The number of likely N-dealkylation sites (tertiary alicyclic amines) is 1. The van der Waals surface area contributed by atoms with Gasteiger partial charge in [-0.05, 0) is 43.7 Å². The molecule has 32 heavy (non-hydrogen) atoms. The maximum Gasteiger partial charge on any atom is 0.136 e. The fourth-order valence-electron chi connectivity index (χ4n) is 4.56. The molecule has 5 rings (SSSR count). The topological polar surface area (TPSA) is 61.0 Å². The third-order valence-corrected chi connectivity index (χ3v) is 6.16. The van der Waals surface area contributed by atoms with Crippen molar-refractivity contribution in [2.75, 3.05) is 20.2 Å². The Kier molecular flexibility index (Phi) is 5.73. The number of benzene rings is 2. The molecule has 0 amide bonds. The van der Waals surface area contributed by atoms with Crippen LogP contribution in [0.3, 0.4) is 0 Å². The SMILES string of the molecule is COc1cccc(-c2nn(-c3ccccc3)cc2CN2CCCC(c3nncn3C)C2)c1. The zero-order valence-electron chi connectivity index (χ0n) is 18.6. The van der Waals surface area contributed by atoms with Crippen LogP contribution in [0.5, 0.6) is 5.75 Å². The summed E-state index contributed by atoms with van der Waals surface area (Å²) in [5, 5.41) is 13.4. The highest BCUT2D eigenvalue weighted by atomic mass is 16.5. The Morgan fingerprint density at radius 3 is 2.75 bits per heavy atom. The highest BCUT2D eigenvalue weighted by Gasteiger charge is 2.26. The van der Waals surface area contributed by atoms with Crippen molar-refractivity contribution >= 4 is 0 Å². The summed E-state index contributed by atoms with van der Waals surface area (Å²) in [5.41, 5.74) is 4.32. The van der Waals surface area contributed by atoms with E-state index in [9.17, 15) is 0 Å². The van der Waals surface area contributed by atoms with Crippen molar-refractivity contribution in [3.8, 4) is 22.7 Å². The molecule has 0 aliphatic carbocycles. The predicted molar refractivity (Wildman–Crippen MR) is 124 cm³/mol. The van der Waals surface area contributed by atoms with E-state index < -0.39 is 0 Å². The number of piperidine rings is 1. The second-order valence-electron chi connectivity index (χ2n) is 8.39. The minimum atomic E-state index is 0.403. The van der Waals surface area contributed by atoms with Crippen LogP contribution in [0.2, 0.25) is 0 Å². The van der Waals surface area contributed by atoms with E-state index >= 15 is 0 Å². The highest BCUT2D eigenvalue weighted by Crippen LogP contribution is 2.30. The largest absolute Gasteiger partial charge is 0.497 e. The lowest BCUT2D eigenvalue weighted by atomic mass is 9.96. The minimum absolute atomic E-state index is 0.403. The van der Waals surface area contributed by atoms with Gasteiger partial charge in [0, 0.05) is 43.4 Å². The maximum atomic E-state index is 5.46. The molecule has 3 heterocycles. The number of hydrogen-bond acceptors (Lipinski definition) is 5. The van der Waals surface area contributed by atoms with Crippen LogP contribution in [0.15, 0.2) is 67.1 Å². The molecule has 0 bridgehead atoms. The van der Waals surface area contributed by atoms with Crippen LogP contribution >= 0.6 is 0 Å². The van der Waals surface area contributed by atoms with Crippen molar-refractivity contribution < 1.29 is 4.74 Å². The van der Waals surface area contributed by atoms with Crippen LogP contribution in [-0.4, -0.2) is 49.6 Å². The van der Waals surface area contributed by atoms with Gasteiger partial charge in [0.15, 0.2) is 0 Å². The lowest BCUT2D eigenvalue weighted by molar-refractivity contribution is 0.195. The number of hydrogen-bond donors (Lipinski definition) is 0. The minimum Gasteiger partial charge on any atom is -0.497 e. The average molecular weight is 429 g/mol. The number of aryl methyl sites for hydroxylation is 1. The van der Waals surface area contributed by atoms with Crippen LogP contribution in [0.25, 0.3) is 16.9 Å². The van der Waals surface area contributed by atoms with Crippen LogP contribution in [0, 0.1) is 0 Å². The molecule has 1 saturated heterocycles. The Morgan fingerprint density at radius 2 is 1.97 bits per heavy atom. The first-order valence-corrected chi connectivity index (χ1v) is 11.1. The van der Waals surface area contributed by atoms with Gasteiger partial charge in [-0.3, -0.25) is 4.90 Å². The molecule has 2 aromatic carbocycles. The van der Waals surface area contributed by atoms with Crippen molar-refractivity contribution in [3.05, 3.63) is 78.5 Å². The normalized spacial score (nSPS) is 16.9. The number of aromatic nitrogens is 5.